The van der Waals surface area contributed by atoms with Crippen LogP contribution in [-0.2, 0) is 9.53 Å². The SMILES string of the molecule is COC1CCC([C@H](c2ccc(Cl)cc2)C(N=[N+]=[N-])C(=O)O)CC1. The van der Waals surface area contributed by atoms with Crippen LogP contribution in [-0.4, -0.2) is 30.3 Å². The fraction of sp³-hybridized carbons (Fsp3) is 0.562. The highest BCUT2D eigenvalue weighted by Crippen LogP contribution is 2.40. The summed E-state index contributed by atoms with van der Waals surface area (Å²) < 4.78 is 5.38. The Hall–Kier alpha value is -1.75. The highest BCUT2D eigenvalue weighted by molar-refractivity contribution is 6.30. The number of hydrogen-bond acceptors (Lipinski definition) is 3. The van der Waals surface area contributed by atoms with Crippen LogP contribution in [0.2, 0.25) is 5.02 Å². The number of hydrogen-bond donors (Lipinski definition) is 1. The molecule has 0 saturated heterocycles. The maximum absolute atomic E-state index is 11.6. The Morgan fingerprint density at radius 3 is 2.43 bits per heavy atom. The van der Waals surface area contributed by atoms with Gasteiger partial charge in [-0.2, -0.15) is 0 Å². The second-order valence-corrected chi connectivity index (χ2v) is 6.27. The van der Waals surface area contributed by atoms with Gasteiger partial charge in [-0.1, -0.05) is 28.8 Å². The van der Waals surface area contributed by atoms with Crippen molar-refractivity contribution in [2.24, 2.45) is 11.0 Å². The van der Waals surface area contributed by atoms with Crippen molar-refractivity contribution in [3.05, 3.63) is 45.3 Å². The summed E-state index contributed by atoms with van der Waals surface area (Å²) in [6, 6.07) is 5.99. The van der Waals surface area contributed by atoms with Crippen LogP contribution >= 0.6 is 11.6 Å². The number of ether oxygens (including phenoxy) is 1. The van der Waals surface area contributed by atoms with Crippen LogP contribution < -0.4 is 0 Å². The third-order valence-corrected chi connectivity index (χ3v) is 4.84. The molecule has 23 heavy (non-hydrogen) atoms. The molecule has 0 aromatic heterocycles. The largest absolute Gasteiger partial charge is 0.481 e. The maximum Gasteiger partial charge on any atom is 0.313 e. The molecule has 0 spiro atoms. The first-order valence-electron chi connectivity index (χ1n) is 7.62. The van der Waals surface area contributed by atoms with Crippen molar-refractivity contribution in [2.45, 2.75) is 43.7 Å². The Morgan fingerprint density at radius 2 is 1.96 bits per heavy atom. The van der Waals surface area contributed by atoms with Gasteiger partial charge in [0.05, 0.1) is 6.10 Å². The van der Waals surface area contributed by atoms with E-state index in [2.05, 4.69) is 10.0 Å². The van der Waals surface area contributed by atoms with E-state index in [0.29, 0.717) is 5.02 Å². The maximum atomic E-state index is 11.6. The van der Waals surface area contributed by atoms with Crippen molar-refractivity contribution in [2.75, 3.05) is 7.11 Å². The minimum Gasteiger partial charge on any atom is -0.481 e. The predicted molar refractivity (Wildman–Crippen MR) is 87.5 cm³/mol. The average Bonchev–Trinajstić information content (AvgIpc) is 2.56. The molecule has 0 amide bonds. The number of methoxy groups -OCH3 is 1. The van der Waals surface area contributed by atoms with Crippen LogP contribution in [0.3, 0.4) is 0 Å². The molecule has 1 fully saturated rings. The van der Waals surface area contributed by atoms with Gasteiger partial charge in [-0.3, -0.25) is 4.79 Å². The number of carboxylic acids is 1. The van der Waals surface area contributed by atoms with Gasteiger partial charge >= 0.3 is 5.97 Å². The Labute approximate surface area is 140 Å². The van der Waals surface area contributed by atoms with Crippen molar-refractivity contribution in [3.8, 4) is 0 Å². The molecular formula is C16H20ClN3O3. The second kappa shape index (κ2) is 8.20. The molecule has 1 saturated carbocycles. The number of carboxylic acid groups (broad SMARTS) is 1. The Kier molecular flexibility index (Phi) is 6.28. The summed E-state index contributed by atoms with van der Waals surface area (Å²) in [4.78, 5) is 14.4. The number of rotatable bonds is 6. The number of aliphatic carboxylic acids is 1. The van der Waals surface area contributed by atoms with Gasteiger partial charge in [0.1, 0.15) is 6.04 Å². The molecule has 1 N–H and O–H groups in total. The van der Waals surface area contributed by atoms with E-state index >= 15 is 0 Å². The van der Waals surface area contributed by atoms with Gasteiger partial charge in [0.25, 0.3) is 0 Å². The molecule has 1 aliphatic carbocycles. The van der Waals surface area contributed by atoms with Crippen LogP contribution in [0.15, 0.2) is 29.4 Å². The van der Waals surface area contributed by atoms with Crippen LogP contribution in [0.25, 0.3) is 10.4 Å². The minimum atomic E-state index is -1.12. The van der Waals surface area contributed by atoms with E-state index < -0.39 is 12.0 Å². The van der Waals surface area contributed by atoms with Crippen molar-refractivity contribution < 1.29 is 14.6 Å². The quantitative estimate of drug-likeness (QED) is 0.473. The van der Waals surface area contributed by atoms with Crippen LogP contribution in [0, 0.1) is 5.92 Å². The first-order chi connectivity index (χ1) is 11.1. The number of benzene rings is 1. The first kappa shape index (κ1) is 17.6. The summed E-state index contributed by atoms with van der Waals surface area (Å²) in [5.74, 6) is -1.33. The predicted octanol–water partition coefficient (Wildman–Crippen LogP) is 4.39. The van der Waals surface area contributed by atoms with Gasteiger partial charge in [0, 0.05) is 23.0 Å². The van der Waals surface area contributed by atoms with E-state index in [4.69, 9.17) is 21.9 Å². The fourth-order valence-corrected chi connectivity index (χ4v) is 3.54. The third kappa shape index (κ3) is 4.38. The summed E-state index contributed by atoms with van der Waals surface area (Å²) in [6.07, 6.45) is 3.68. The third-order valence-electron chi connectivity index (χ3n) is 4.58. The van der Waals surface area contributed by atoms with Crippen LogP contribution in [0.5, 0.6) is 0 Å². The molecule has 1 unspecified atom stereocenters. The lowest BCUT2D eigenvalue weighted by atomic mass is 9.73. The number of nitrogens with zero attached hydrogens (tertiary/aromatic N) is 3. The zero-order valence-corrected chi connectivity index (χ0v) is 13.7. The van der Waals surface area contributed by atoms with Gasteiger partial charge < -0.3 is 9.84 Å². The Bertz CT molecular complexity index is 577. The van der Waals surface area contributed by atoms with Gasteiger partial charge in [0.15, 0.2) is 0 Å². The minimum absolute atomic E-state index is 0.133. The molecule has 6 nitrogen and oxygen atoms in total. The van der Waals surface area contributed by atoms with Gasteiger partial charge in [-0.15, -0.1) is 0 Å². The van der Waals surface area contributed by atoms with Crippen molar-refractivity contribution in [3.63, 3.8) is 0 Å². The van der Waals surface area contributed by atoms with E-state index in [1.807, 2.05) is 12.1 Å². The lowest BCUT2D eigenvalue weighted by Gasteiger charge is -2.35. The zero-order chi connectivity index (χ0) is 16.8. The van der Waals surface area contributed by atoms with Gasteiger partial charge in [-0.05, 0) is 54.8 Å². The van der Waals surface area contributed by atoms with Crippen molar-refractivity contribution in [1.29, 1.82) is 0 Å². The standard InChI is InChI=1S/C16H20ClN3O3/c1-23-13-8-4-11(5-9-13)14(15(16(21)22)19-20-18)10-2-6-12(17)7-3-10/h2-3,6-7,11,13-15H,4-5,8-9H2,1H3,(H,21,22)/t11?,13?,14-,15?/m0/s1. The lowest BCUT2D eigenvalue weighted by Crippen LogP contribution is -2.34. The van der Waals surface area contributed by atoms with E-state index in [1.54, 1.807) is 19.2 Å². The number of azide groups is 1. The molecule has 0 heterocycles. The molecule has 2 atom stereocenters. The molecule has 1 aliphatic rings. The summed E-state index contributed by atoms with van der Waals surface area (Å²) in [5.41, 5.74) is 9.60. The Balaban J connectivity index is 2.32. The summed E-state index contributed by atoms with van der Waals surface area (Å²) >= 11 is 5.93. The number of carbonyl (C=O) groups is 1. The van der Waals surface area contributed by atoms with E-state index in [9.17, 15) is 9.90 Å². The van der Waals surface area contributed by atoms with E-state index in [-0.39, 0.29) is 17.9 Å². The highest BCUT2D eigenvalue weighted by atomic mass is 35.5. The average molecular weight is 338 g/mol. The molecular weight excluding hydrogens is 318 g/mol. The molecule has 0 radical (unpaired) electrons. The summed E-state index contributed by atoms with van der Waals surface area (Å²) in [6.45, 7) is 0. The van der Waals surface area contributed by atoms with Crippen molar-refractivity contribution >= 4 is 17.6 Å². The lowest BCUT2D eigenvalue weighted by molar-refractivity contribution is -0.139. The molecule has 124 valence electrons. The fourth-order valence-electron chi connectivity index (χ4n) is 3.41. The molecule has 1 aromatic carbocycles. The topological polar surface area (TPSA) is 95.3 Å². The molecule has 0 aliphatic heterocycles. The molecule has 0 bridgehead atoms. The zero-order valence-electron chi connectivity index (χ0n) is 12.9. The highest BCUT2D eigenvalue weighted by Gasteiger charge is 2.37. The molecule has 1 aromatic rings. The molecule has 2 rings (SSSR count). The smallest absolute Gasteiger partial charge is 0.313 e. The summed E-state index contributed by atoms with van der Waals surface area (Å²) in [5, 5.41) is 13.6. The van der Waals surface area contributed by atoms with Crippen LogP contribution in [0.4, 0.5) is 0 Å². The second-order valence-electron chi connectivity index (χ2n) is 5.84. The van der Waals surface area contributed by atoms with Gasteiger partial charge in [0.2, 0.25) is 0 Å². The van der Waals surface area contributed by atoms with E-state index in [1.165, 1.54) is 0 Å². The normalized spacial score (nSPS) is 23.6. The number of halogens is 1. The van der Waals surface area contributed by atoms with Crippen molar-refractivity contribution in [1.82, 2.24) is 0 Å². The first-order valence-corrected chi connectivity index (χ1v) is 8.00. The van der Waals surface area contributed by atoms with E-state index in [0.717, 1.165) is 31.2 Å². The van der Waals surface area contributed by atoms with Crippen LogP contribution in [0.1, 0.15) is 37.2 Å². The molecule has 7 heteroatoms. The monoisotopic (exact) mass is 337 g/mol. The van der Waals surface area contributed by atoms with Gasteiger partial charge in [-0.25, -0.2) is 0 Å². The summed E-state index contributed by atoms with van der Waals surface area (Å²) in [7, 11) is 1.70. The Morgan fingerprint density at radius 1 is 1.35 bits per heavy atom.